The van der Waals surface area contributed by atoms with Crippen molar-refractivity contribution in [2.75, 3.05) is 0 Å². The van der Waals surface area contributed by atoms with E-state index < -0.39 is 0 Å². The summed E-state index contributed by atoms with van der Waals surface area (Å²) >= 11 is 0. The summed E-state index contributed by atoms with van der Waals surface area (Å²) in [6.07, 6.45) is 3.13. The number of furan rings is 1. The van der Waals surface area contributed by atoms with Gasteiger partial charge in [0.2, 0.25) is 0 Å². The molecule has 3 heteroatoms. The zero-order valence-electron chi connectivity index (χ0n) is 19.9. The van der Waals surface area contributed by atoms with Crippen LogP contribution in [0.4, 0.5) is 0 Å². The minimum Gasteiger partial charge on any atom is -0.419 e. The third-order valence-corrected chi connectivity index (χ3v) is 8.97. The van der Waals surface area contributed by atoms with Gasteiger partial charge in [-0.15, -0.1) is 0 Å². The topological polar surface area (TPSA) is 29.9 Å². The third kappa shape index (κ3) is 1.97. The molecule has 0 bridgehead atoms. The van der Waals surface area contributed by atoms with Crippen molar-refractivity contribution in [2.24, 2.45) is 0 Å². The second-order valence-corrected chi connectivity index (χ2v) is 10.8. The minimum atomic E-state index is 0.00288. The maximum absolute atomic E-state index is 6.36. The van der Waals surface area contributed by atoms with Gasteiger partial charge in [-0.05, 0) is 82.2 Å². The molecular formula is C31H25N2O+. The van der Waals surface area contributed by atoms with E-state index in [-0.39, 0.29) is 11.0 Å². The molecular weight excluding hydrogens is 416 g/mol. The van der Waals surface area contributed by atoms with Crippen LogP contribution in [0.15, 0.2) is 71.4 Å². The Labute approximate surface area is 197 Å². The van der Waals surface area contributed by atoms with Gasteiger partial charge in [0.15, 0.2) is 5.69 Å². The van der Waals surface area contributed by atoms with Gasteiger partial charge in [-0.2, -0.15) is 0 Å². The van der Waals surface area contributed by atoms with Gasteiger partial charge in [0.1, 0.15) is 16.5 Å². The minimum absolute atomic E-state index is 0.00288. The van der Waals surface area contributed by atoms with Gasteiger partial charge in [-0.3, -0.25) is 0 Å². The van der Waals surface area contributed by atoms with Crippen LogP contribution in [0.25, 0.3) is 54.9 Å². The molecule has 2 aromatic heterocycles. The smallest absolute Gasteiger partial charge is 0.345 e. The monoisotopic (exact) mass is 441 g/mol. The molecule has 6 aromatic rings. The van der Waals surface area contributed by atoms with Crippen LogP contribution < -0.4 is 4.57 Å². The average Bonchev–Trinajstić information content (AvgIpc) is 3.23. The Balaban J connectivity index is 1.61. The van der Waals surface area contributed by atoms with Crippen molar-refractivity contribution < 1.29 is 8.98 Å². The van der Waals surface area contributed by atoms with Crippen molar-refractivity contribution in [3.05, 3.63) is 83.7 Å². The summed E-state index contributed by atoms with van der Waals surface area (Å²) in [5.74, 6) is 0. The molecule has 2 unspecified atom stereocenters. The molecule has 0 radical (unpaired) electrons. The lowest BCUT2D eigenvalue weighted by atomic mass is 9.78. The van der Waals surface area contributed by atoms with Gasteiger partial charge in [-0.25, -0.2) is 4.57 Å². The number of nitrogens with zero attached hydrogens (tertiary/aromatic N) is 2. The van der Waals surface area contributed by atoms with E-state index in [9.17, 15) is 0 Å². The molecule has 2 atom stereocenters. The second kappa shape index (κ2) is 5.67. The molecule has 0 spiro atoms. The first-order chi connectivity index (χ1) is 16.4. The van der Waals surface area contributed by atoms with Gasteiger partial charge >= 0.3 is 5.71 Å². The van der Waals surface area contributed by atoms with E-state index in [1.165, 1.54) is 49.5 Å². The average molecular weight is 442 g/mol. The van der Waals surface area contributed by atoms with E-state index in [4.69, 9.17) is 9.40 Å². The molecule has 4 aromatic carbocycles. The van der Waals surface area contributed by atoms with Gasteiger partial charge in [-0.1, -0.05) is 49.4 Å². The van der Waals surface area contributed by atoms with Crippen LogP contribution in [0.1, 0.15) is 37.0 Å². The predicted molar refractivity (Wildman–Crippen MR) is 137 cm³/mol. The van der Waals surface area contributed by atoms with Crippen LogP contribution in [0.3, 0.4) is 0 Å². The number of hydrogen-bond acceptors (Lipinski definition) is 2. The molecule has 0 N–H and O–H groups in total. The fourth-order valence-corrected chi connectivity index (χ4v) is 7.06. The van der Waals surface area contributed by atoms with Crippen molar-refractivity contribution in [1.29, 1.82) is 0 Å². The third-order valence-electron chi connectivity index (χ3n) is 8.97. The first-order valence-corrected chi connectivity index (χ1v) is 12.1. The lowest BCUT2D eigenvalue weighted by Crippen LogP contribution is -2.53. The molecule has 2 aliphatic rings. The van der Waals surface area contributed by atoms with Gasteiger partial charge in [0, 0.05) is 22.8 Å². The van der Waals surface area contributed by atoms with Crippen LogP contribution in [0.2, 0.25) is 0 Å². The summed E-state index contributed by atoms with van der Waals surface area (Å²) in [6, 6.07) is 22.1. The van der Waals surface area contributed by atoms with Gasteiger partial charge in [0.25, 0.3) is 6.33 Å². The van der Waals surface area contributed by atoms with Crippen LogP contribution in [-0.4, -0.2) is 4.98 Å². The second-order valence-electron chi connectivity index (χ2n) is 10.8. The molecule has 3 heterocycles. The van der Waals surface area contributed by atoms with Gasteiger partial charge in [0.05, 0.1) is 0 Å². The first kappa shape index (κ1) is 18.7. The summed E-state index contributed by atoms with van der Waals surface area (Å²) in [6.45, 7) is 9.32. The molecule has 0 saturated heterocycles. The Morgan fingerprint density at radius 2 is 1.65 bits per heavy atom. The quantitative estimate of drug-likeness (QED) is 0.232. The summed E-state index contributed by atoms with van der Waals surface area (Å²) < 4.78 is 8.81. The van der Waals surface area contributed by atoms with Gasteiger partial charge < -0.3 is 4.42 Å². The Bertz CT molecular complexity index is 1900. The highest BCUT2D eigenvalue weighted by molar-refractivity contribution is 6.14. The summed E-state index contributed by atoms with van der Waals surface area (Å²) in [7, 11) is 0. The number of rotatable bonds is 0. The van der Waals surface area contributed by atoms with Crippen LogP contribution in [-0.2, 0) is 11.0 Å². The zero-order valence-corrected chi connectivity index (χ0v) is 19.9. The van der Waals surface area contributed by atoms with Crippen molar-refractivity contribution in [3.63, 3.8) is 0 Å². The SMILES string of the molecule is Cc1cccc2c3c(cc(C)c12)-c1c2c(nc[n+]1C1(C)CC31C)oc1cc3ccccc3cc12. The van der Waals surface area contributed by atoms with E-state index >= 15 is 0 Å². The highest BCUT2D eigenvalue weighted by Gasteiger charge is 2.71. The highest BCUT2D eigenvalue weighted by atomic mass is 16.3. The summed E-state index contributed by atoms with van der Waals surface area (Å²) in [4.78, 5) is 4.84. The van der Waals surface area contributed by atoms with Crippen molar-refractivity contribution in [3.8, 4) is 11.3 Å². The normalized spacial score (nSPS) is 22.8. The fraction of sp³-hybridized carbons (Fsp3) is 0.226. The number of aromatic nitrogens is 2. The standard InChI is InChI=1S/C31H25N2O/c1-17-8-7-11-21-25(17)18(2)12-23-27(21)30(3)15-31(30,4)33-16-32-29-26(28(23)33)22-13-19-9-5-6-10-20(19)14-24(22)34-29/h5-14,16H,15H2,1-4H3/q+1. The number of benzene rings is 4. The Kier molecular flexibility index (Phi) is 3.11. The van der Waals surface area contributed by atoms with E-state index in [0.717, 1.165) is 28.5 Å². The van der Waals surface area contributed by atoms with Crippen LogP contribution >= 0.6 is 0 Å². The van der Waals surface area contributed by atoms with Crippen molar-refractivity contribution in [2.45, 2.75) is 45.1 Å². The molecule has 8 rings (SSSR count). The van der Waals surface area contributed by atoms with Crippen LogP contribution in [0.5, 0.6) is 0 Å². The Hall–Kier alpha value is -3.72. The lowest BCUT2D eigenvalue weighted by Gasteiger charge is -2.30. The molecule has 1 saturated carbocycles. The number of fused-ring (bicyclic) bond motifs is 13. The van der Waals surface area contributed by atoms with E-state index in [1.54, 1.807) is 0 Å². The lowest BCUT2D eigenvalue weighted by molar-refractivity contribution is -0.732. The molecule has 1 fully saturated rings. The molecule has 34 heavy (non-hydrogen) atoms. The van der Waals surface area contributed by atoms with E-state index in [0.29, 0.717) is 0 Å². The zero-order chi connectivity index (χ0) is 23.0. The first-order valence-electron chi connectivity index (χ1n) is 12.1. The molecule has 1 aliphatic carbocycles. The Morgan fingerprint density at radius 1 is 0.853 bits per heavy atom. The van der Waals surface area contributed by atoms with Crippen molar-refractivity contribution >= 4 is 43.6 Å². The van der Waals surface area contributed by atoms with Crippen molar-refractivity contribution in [1.82, 2.24) is 4.98 Å². The highest BCUT2D eigenvalue weighted by Crippen LogP contribution is 2.65. The summed E-state index contributed by atoms with van der Waals surface area (Å²) in [5, 5.41) is 7.49. The van der Waals surface area contributed by atoms with E-state index in [1.807, 2.05) is 6.33 Å². The fourth-order valence-electron chi connectivity index (χ4n) is 7.06. The van der Waals surface area contributed by atoms with E-state index in [2.05, 4.69) is 92.9 Å². The Morgan fingerprint density at radius 3 is 2.47 bits per heavy atom. The maximum atomic E-state index is 6.36. The molecule has 0 amide bonds. The number of hydrogen-bond donors (Lipinski definition) is 0. The molecule has 164 valence electrons. The van der Waals surface area contributed by atoms with Crippen LogP contribution in [0, 0.1) is 13.8 Å². The predicted octanol–water partition coefficient (Wildman–Crippen LogP) is 7.25. The maximum Gasteiger partial charge on any atom is 0.345 e. The largest absolute Gasteiger partial charge is 0.419 e. The summed E-state index contributed by atoms with van der Waals surface area (Å²) in [5.41, 5.74) is 8.45. The molecule has 3 nitrogen and oxygen atoms in total. The number of aryl methyl sites for hydroxylation is 2. The molecule has 1 aliphatic heterocycles.